The highest BCUT2D eigenvalue weighted by molar-refractivity contribution is 5.99. The molecule has 0 saturated carbocycles. The first-order valence-electron chi connectivity index (χ1n) is 10.6. The lowest BCUT2D eigenvalue weighted by Crippen LogP contribution is -2.20. The highest BCUT2D eigenvalue weighted by Crippen LogP contribution is 2.31. The van der Waals surface area contributed by atoms with Gasteiger partial charge in [-0.2, -0.15) is 9.49 Å². The van der Waals surface area contributed by atoms with Gasteiger partial charge in [0, 0.05) is 49.8 Å². The predicted molar refractivity (Wildman–Crippen MR) is 125 cm³/mol. The van der Waals surface area contributed by atoms with Gasteiger partial charge in [-0.15, -0.1) is 0 Å². The number of urea groups is 1. The van der Waals surface area contributed by atoms with E-state index in [-0.39, 0.29) is 29.7 Å². The lowest BCUT2D eigenvalue weighted by Gasteiger charge is -2.13. The van der Waals surface area contributed by atoms with Gasteiger partial charge in [0.2, 0.25) is 5.82 Å². The Hall–Kier alpha value is -4.38. The van der Waals surface area contributed by atoms with E-state index in [9.17, 15) is 18.7 Å². The van der Waals surface area contributed by atoms with E-state index < -0.39 is 17.7 Å². The second-order valence-corrected chi connectivity index (χ2v) is 7.79. The van der Waals surface area contributed by atoms with Gasteiger partial charge in [0.1, 0.15) is 5.75 Å². The van der Waals surface area contributed by atoms with E-state index in [1.54, 1.807) is 49.4 Å². The number of aliphatic hydroxyl groups is 1. The summed E-state index contributed by atoms with van der Waals surface area (Å²) in [6, 6.07) is 6.34. The minimum absolute atomic E-state index is 0.0828. The second-order valence-electron chi connectivity index (χ2n) is 7.79. The van der Waals surface area contributed by atoms with Crippen molar-refractivity contribution < 1.29 is 23.4 Å². The lowest BCUT2D eigenvalue weighted by molar-refractivity contribution is 0.262. The molecule has 0 aliphatic rings. The molecule has 9 nitrogen and oxygen atoms in total. The van der Waals surface area contributed by atoms with Crippen molar-refractivity contribution in [1.82, 2.24) is 19.7 Å². The molecule has 2 amide bonds. The molecule has 4 rings (SSSR count). The van der Waals surface area contributed by atoms with Gasteiger partial charge in [-0.25, -0.2) is 9.18 Å². The number of aryl methyl sites for hydroxylation is 1. The molecule has 0 aliphatic carbocycles. The van der Waals surface area contributed by atoms with E-state index in [1.165, 1.54) is 30.6 Å². The van der Waals surface area contributed by atoms with E-state index in [4.69, 9.17) is 4.74 Å². The van der Waals surface area contributed by atoms with Crippen LogP contribution in [0.2, 0.25) is 0 Å². The molecule has 1 aromatic carbocycles. The fourth-order valence-electron chi connectivity index (χ4n) is 3.21. The largest absolute Gasteiger partial charge is 0.454 e. The van der Waals surface area contributed by atoms with Gasteiger partial charge < -0.3 is 20.5 Å². The van der Waals surface area contributed by atoms with Crippen LogP contribution in [0.25, 0.3) is 11.3 Å². The van der Waals surface area contributed by atoms with Crippen LogP contribution in [0, 0.1) is 11.6 Å². The zero-order valence-electron chi connectivity index (χ0n) is 18.9. The van der Waals surface area contributed by atoms with E-state index in [1.807, 2.05) is 0 Å². The van der Waals surface area contributed by atoms with Gasteiger partial charge in [-0.3, -0.25) is 14.6 Å². The molecule has 1 unspecified atom stereocenters. The summed E-state index contributed by atoms with van der Waals surface area (Å²) in [6.07, 6.45) is 7.84. The highest BCUT2D eigenvalue weighted by atomic mass is 19.2. The molecule has 0 bridgehead atoms. The predicted octanol–water partition coefficient (Wildman–Crippen LogP) is 4.69. The van der Waals surface area contributed by atoms with Crippen LogP contribution in [0.15, 0.2) is 61.3 Å². The van der Waals surface area contributed by atoms with Crippen LogP contribution in [0.3, 0.4) is 0 Å². The zero-order chi connectivity index (χ0) is 24.9. The van der Waals surface area contributed by atoms with Gasteiger partial charge in [0.15, 0.2) is 11.6 Å². The smallest absolute Gasteiger partial charge is 0.323 e. The fourth-order valence-corrected chi connectivity index (χ4v) is 3.21. The number of carbonyl (C=O) groups excluding carboxylic acids is 1. The average Bonchev–Trinajstić information content (AvgIpc) is 3.30. The summed E-state index contributed by atoms with van der Waals surface area (Å²) in [7, 11) is 1.77. The number of pyridine rings is 2. The number of hydrogen-bond donors (Lipinski definition) is 3. The van der Waals surface area contributed by atoms with Crippen LogP contribution in [0.4, 0.5) is 25.0 Å². The highest BCUT2D eigenvalue weighted by Gasteiger charge is 2.18. The molecule has 1 atom stereocenters. The molecule has 0 saturated heterocycles. The van der Waals surface area contributed by atoms with Crippen LogP contribution in [-0.4, -0.2) is 37.5 Å². The minimum atomic E-state index is -1.28. The third kappa shape index (κ3) is 5.58. The second kappa shape index (κ2) is 10.3. The molecule has 180 valence electrons. The maximum absolute atomic E-state index is 14.7. The number of nitrogens with zero attached hydrogens (tertiary/aromatic N) is 4. The van der Waals surface area contributed by atoms with E-state index in [0.29, 0.717) is 16.9 Å². The Morgan fingerprint density at radius 2 is 1.97 bits per heavy atom. The van der Waals surface area contributed by atoms with Crippen LogP contribution >= 0.6 is 0 Å². The van der Waals surface area contributed by atoms with Gasteiger partial charge in [0.05, 0.1) is 29.5 Å². The van der Waals surface area contributed by atoms with Crippen molar-refractivity contribution in [3.05, 3.63) is 78.5 Å². The molecule has 0 fully saturated rings. The molecule has 35 heavy (non-hydrogen) atoms. The molecular formula is C24H22F2N6O3. The number of amides is 2. The molecule has 4 aromatic rings. The summed E-state index contributed by atoms with van der Waals surface area (Å²) in [5.41, 5.74) is 1.97. The maximum Gasteiger partial charge on any atom is 0.323 e. The molecule has 0 aliphatic heterocycles. The fraction of sp³-hybridized carbons (Fsp3) is 0.167. The van der Waals surface area contributed by atoms with Gasteiger partial charge in [-0.05, 0) is 29.8 Å². The topological polar surface area (TPSA) is 114 Å². The zero-order valence-corrected chi connectivity index (χ0v) is 18.9. The van der Waals surface area contributed by atoms with Crippen molar-refractivity contribution in [2.45, 2.75) is 12.8 Å². The molecule has 11 heteroatoms. The van der Waals surface area contributed by atoms with E-state index in [0.717, 1.165) is 5.56 Å². The summed E-state index contributed by atoms with van der Waals surface area (Å²) in [5.74, 6) is -2.82. The number of halogens is 2. The van der Waals surface area contributed by atoms with Crippen molar-refractivity contribution in [2.75, 3.05) is 17.2 Å². The van der Waals surface area contributed by atoms with Crippen molar-refractivity contribution in [3.8, 4) is 22.8 Å². The Morgan fingerprint density at radius 3 is 2.71 bits per heavy atom. The SMILES string of the molecule is CC(CO)c1cncc(NC(=O)Nc2ccc(Oc3ccnc(-c4cnn(C)c4)c3)c(F)c2F)c1. The van der Waals surface area contributed by atoms with Gasteiger partial charge in [-0.1, -0.05) is 6.92 Å². The Bertz CT molecular complexity index is 1360. The summed E-state index contributed by atoms with van der Waals surface area (Å²) < 4.78 is 36.5. The Balaban J connectivity index is 1.46. The van der Waals surface area contributed by atoms with Gasteiger partial charge >= 0.3 is 6.03 Å². The Kier molecular flexibility index (Phi) is 6.97. The lowest BCUT2D eigenvalue weighted by atomic mass is 10.0. The van der Waals surface area contributed by atoms with Crippen LogP contribution in [0.1, 0.15) is 18.4 Å². The summed E-state index contributed by atoms with van der Waals surface area (Å²) in [6.45, 7) is 1.72. The third-order valence-corrected chi connectivity index (χ3v) is 5.12. The first-order valence-corrected chi connectivity index (χ1v) is 10.6. The molecule has 3 aromatic heterocycles. The first-order chi connectivity index (χ1) is 16.8. The number of carbonyl (C=O) groups is 1. The van der Waals surface area contributed by atoms with E-state index in [2.05, 4.69) is 25.7 Å². The van der Waals surface area contributed by atoms with Crippen LogP contribution < -0.4 is 15.4 Å². The van der Waals surface area contributed by atoms with E-state index >= 15 is 0 Å². The number of aliphatic hydroxyl groups excluding tert-OH is 1. The number of aromatic nitrogens is 4. The summed E-state index contributed by atoms with van der Waals surface area (Å²) in [5, 5.41) is 18.1. The number of nitrogens with one attached hydrogen (secondary N) is 2. The van der Waals surface area contributed by atoms with Crippen molar-refractivity contribution in [1.29, 1.82) is 0 Å². The summed E-state index contributed by atoms with van der Waals surface area (Å²) >= 11 is 0. The van der Waals surface area contributed by atoms with Crippen molar-refractivity contribution in [2.24, 2.45) is 7.05 Å². The quantitative estimate of drug-likeness (QED) is 0.354. The minimum Gasteiger partial charge on any atom is -0.454 e. The average molecular weight is 480 g/mol. The van der Waals surface area contributed by atoms with Crippen molar-refractivity contribution >= 4 is 17.4 Å². The Labute approximate surface area is 199 Å². The third-order valence-electron chi connectivity index (χ3n) is 5.12. The maximum atomic E-state index is 14.7. The van der Waals surface area contributed by atoms with Crippen LogP contribution in [0.5, 0.6) is 11.5 Å². The summed E-state index contributed by atoms with van der Waals surface area (Å²) in [4.78, 5) is 20.6. The molecule has 3 N–H and O–H groups in total. The number of anilines is 2. The molecule has 3 heterocycles. The molecule has 0 spiro atoms. The number of benzene rings is 1. The standard InChI is InChI=1S/C24H22F2N6O3/c1-14(13-33)15-7-17(11-27-9-15)30-24(34)31-19-3-4-21(23(26)22(19)25)35-18-5-6-28-20(8-18)16-10-29-32(2)12-16/h3-12,14,33H,13H2,1-2H3,(H2,30,31,34). The monoisotopic (exact) mass is 480 g/mol. The molecular weight excluding hydrogens is 458 g/mol. The molecule has 0 radical (unpaired) electrons. The Morgan fingerprint density at radius 1 is 1.14 bits per heavy atom. The first kappa shape index (κ1) is 23.8. The normalized spacial score (nSPS) is 11.7. The number of hydrogen-bond acceptors (Lipinski definition) is 6. The number of ether oxygens (including phenoxy) is 1. The number of rotatable bonds is 7. The van der Waals surface area contributed by atoms with Gasteiger partial charge in [0.25, 0.3) is 0 Å². The van der Waals surface area contributed by atoms with Crippen LogP contribution in [-0.2, 0) is 7.05 Å². The van der Waals surface area contributed by atoms with Crippen molar-refractivity contribution in [3.63, 3.8) is 0 Å².